The van der Waals surface area contributed by atoms with Gasteiger partial charge >= 0.3 is 6.01 Å². The van der Waals surface area contributed by atoms with Gasteiger partial charge in [0.2, 0.25) is 11.9 Å². The Morgan fingerprint density at radius 3 is 2.79 bits per heavy atom. The topological polar surface area (TPSA) is 77.2 Å². The van der Waals surface area contributed by atoms with Crippen molar-refractivity contribution in [1.82, 2.24) is 15.0 Å². The van der Waals surface area contributed by atoms with E-state index in [2.05, 4.69) is 26.8 Å². The monoisotopic (exact) mass is 265 g/mol. The van der Waals surface area contributed by atoms with E-state index in [1.807, 2.05) is 13.8 Å². The highest BCUT2D eigenvalue weighted by molar-refractivity contribution is 5.37. The van der Waals surface area contributed by atoms with Gasteiger partial charge < -0.3 is 15.4 Å². The van der Waals surface area contributed by atoms with Gasteiger partial charge in [-0.15, -0.1) is 0 Å². The van der Waals surface area contributed by atoms with E-state index in [4.69, 9.17) is 10.5 Å². The second-order valence-corrected chi connectivity index (χ2v) is 5.19. The van der Waals surface area contributed by atoms with Crippen molar-refractivity contribution in [2.45, 2.75) is 58.6 Å². The van der Waals surface area contributed by atoms with E-state index in [0.717, 1.165) is 13.0 Å². The van der Waals surface area contributed by atoms with Gasteiger partial charge in [-0.2, -0.15) is 15.0 Å². The predicted octanol–water partition coefficient (Wildman–Crippen LogP) is 2.01. The third kappa shape index (κ3) is 3.45. The van der Waals surface area contributed by atoms with Gasteiger partial charge in [-0.25, -0.2) is 0 Å². The standard InChI is InChI=1S/C13H23N5O/c1-4-10-7-5-6-8-18(10)12-15-11(14)16-13(17-12)19-9(2)3/h9-10H,4-8H2,1-3H3,(H2,14,15,16,17). The first kappa shape index (κ1) is 13.8. The fourth-order valence-electron chi connectivity index (χ4n) is 2.44. The summed E-state index contributed by atoms with van der Waals surface area (Å²) in [5.41, 5.74) is 5.76. The molecule has 1 aliphatic rings. The Morgan fingerprint density at radius 1 is 1.32 bits per heavy atom. The molecule has 1 saturated heterocycles. The van der Waals surface area contributed by atoms with E-state index in [1.165, 1.54) is 19.3 Å². The number of ether oxygens (including phenoxy) is 1. The van der Waals surface area contributed by atoms with Gasteiger partial charge in [-0.1, -0.05) is 6.92 Å². The molecule has 0 saturated carbocycles. The van der Waals surface area contributed by atoms with Gasteiger partial charge in [0.15, 0.2) is 0 Å². The first-order valence-electron chi connectivity index (χ1n) is 7.05. The maximum Gasteiger partial charge on any atom is 0.323 e. The number of anilines is 2. The molecule has 1 aliphatic heterocycles. The number of aromatic nitrogens is 3. The van der Waals surface area contributed by atoms with Crippen molar-refractivity contribution in [3.05, 3.63) is 0 Å². The van der Waals surface area contributed by atoms with Crippen LogP contribution in [0.1, 0.15) is 46.5 Å². The Labute approximate surface area is 114 Å². The first-order valence-corrected chi connectivity index (χ1v) is 7.05. The molecule has 0 aliphatic carbocycles. The van der Waals surface area contributed by atoms with Crippen LogP contribution in [-0.2, 0) is 0 Å². The summed E-state index contributed by atoms with van der Waals surface area (Å²) < 4.78 is 5.53. The molecule has 106 valence electrons. The Morgan fingerprint density at radius 2 is 2.11 bits per heavy atom. The molecule has 2 N–H and O–H groups in total. The lowest BCUT2D eigenvalue weighted by Crippen LogP contribution is -2.40. The van der Waals surface area contributed by atoms with Gasteiger partial charge in [0.1, 0.15) is 0 Å². The molecule has 6 heteroatoms. The minimum Gasteiger partial charge on any atom is -0.461 e. The molecule has 0 aromatic carbocycles. The van der Waals surface area contributed by atoms with E-state index in [1.54, 1.807) is 0 Å². The molecule has 6 nitrogen and oxygen atoms in total. The molecule has 0 radical (unpaired) electrons. The van der Waals surface area contributed by atoms with Gasteiger partial charge in [-0.05, 0) is 39.5 Å². The molecular weight excluding hydrogens is 242 g/mol. The minimum absolute atomic E-state index is 0.0259. The van der Waals surface area contributed by atoms with Crippen molar-refractivity contribution in [2.24, 2.45) is 0 Å². The Balaban J connectivity index is 2.24. The lowest BCUT2D eigenvalue weighted by Gasteiger charge is -2.35. The summed E-state index contributed by atoms with van der Waals surface area (Å²) in [4.78, 5) is 14.9. The summed E-state index contributed by atoms with van der Waals surface area (Å²) in [6, 6.07) is 0.806. The van der Waals surface area contributed by atoms with E-state index >= 15 is 0 Å². The van der Waals surface area contributed by atoms with Gasteiger partial charge in [0.25, 0.3) is 0 Å². The van der Waals surface area contributed by atoms with E-state index < -0.39 is 0 Å². The van der Waals surface area contributed by atoms with Crippen molar-refractivity contribution in [3.8, 4) is 6.01 Å². The number of nitrogen functional groups attached to an aromatic ring is 1. The van der Waals surface area contributed by atoms with Crippen molar-refractivity contribution >= 4 is 11.9 Å². The molecule has 2 heterocycles. The van der Waals surface area contributed by atoms with E-state index in [0.29, 0.717) is 18.0 Å². The number of nitrogens with two attached hydrogens (primary N) is 1. The quantitative estimate of drug-likeness (QED) is 0.897. The summed E-state index contributed by atoms with van der Waals surface area (Å²) in [7, 11) is 0. The molecule has 1 aromatic heterocycles. The fourth-order valence-corrected chi connectivity index (χ4v) is 2.44. The van der Waals surface area contributed by atoms with Crippen LogP contribution in [-0.4, -0.2) is 33.6 Å². The second-order valence-electron chi connectivity index (χ2n) is 5.19. The van der Waals surface area contributed by atoms with Crippen molar-refractivity contribution in [1.29, 1.82) is 0 Å². The molecule has 1 aromatic rings. The van der Waals surface area contributed by atoms with E-state index in [9.17, 15) is 0 Å². The smallest absolute Gasteiger partial charge is 0.323 e. The second kappa shape index (κ2) is 6.04. The number of rotatable bonds is 4. The van der Waals surface area contributed by atoms with Gasteiger partial charge in [0.05, 0.1) is 6.10 Å². The largest absolute Gasteiger partial charge is 0.461 e. The molecule has 0 bridgehead atoms. The number of piperidine rings is 1. The van der Waals surface area contributed by atoms with Crippen LogP contribution in [0.4, 0.5) is 11.9 Å². The molecule has 19 heavy (non-hydrogen) atoms. The van der Waals surface area contributed by atoms with Crippen LogP contribution in [0.15, 0.2) is 0 Å². The molecule has 0 spiro atoms. The Kier molecular flexibility index (Phi) is 4.39. The number of nitrogens with zero attached hydrogens (tertiary/aromatic N) is 4. The van der Waals surface area contributed by atoms with Crippen LogP contribution in [0.3, 0.4) is 0 Å². The summed E-state index contributed by atoms with van der Waals surface area (Å²) in [6.45, 7) is 7.05. The number of hydrogen-bond donors (Lipinski definition) is 1. The number of hydrogen-bond acceptors (Lipinski definition) is 6. The fraction of sp³-hybridized carbons (Fsp3) is 0.769. The predicted molar refractivity (Wildman–Crippen MR) is 75.3 cm³/mol. The lowest BCUT2D eigenvalue weighted by atomic mass is 10.0. The highest BCUT2D eigenvalue weighted by Crippen LogP contribution is 2.25. The van der Waals surface area contributed by atoms with Crippen LogP contribution >= 0.6 is 0 Å². The van der Waals surface area contributed by atoms with E-state index in [-0.39, 0.29) is 12.1 Å². The van der Waals surface area contributed by atoms with Crippen LogP contribution in [0, 0.1) is 0 Å². The first-order chi connectivity index (χ1) is 9.10. The van der Waals surface area contributed by atoms with Crippen molar-refractivity contribution in [2.75, 3.05) is 17.2 Å². The molecule has 1 atom stereocenters. The average Bonchev–Trinajstić information content (AvgIpc) is 2.37. The minimum atomic E-state index is 0.0259. The SMILES string of the molecule is CCC1CCCCN1c1nc(N)nc(OC(C)C)n1. The van der Waals surface area contributed by atoms with Gasteiger partial charge in [-0.3, -0.25) is 0 Å². The summed E-state index contributed by atoms with van der Waals surface area (Å²) in [5.74, 6) is 0.871. The third-order valence-electron chi connectivity index (χ3n) is 3.32. The van der Waals surface area contributed by atoms with Crippen molar-refractivity contribution in [3.63, 3.8) is 0 Å². The van der Waals surface area contributed by atoms with Gasteiger partial charge in [0, 0.05) is 12.6 Å². The maximum absolute atomic E-state index is 5.76. The zero-order valence-electron chi connectivity index (χ0n) is 12.0. The molecular formula is C13H23N5O. The summed E-state index contributed by atoms with van der Waals surface area (Å²) in [5, 5.41) is 0. The zero-order valence-corrected chi connectivity index (χ0v) is 12.0. The molecule has 0 amide bonds. The average molecular weight is 265 g/mol. The Bertz CT molecular complexity index is 423. The lowest BCUT2D eigenvalue weighted by molar-refractivity contribution is 0.221. The highest BCUT2D eigenvalue weighted by atomic mass is 16.5. The zero-order chi connectivity index (χ0) is 13.8. The molecule has 1 unspecified atom stereocenters. The molecule has 2 rings (SSSR count). The summed E-state index contributed by atoms with van der Waals surface area (Å²) >= 11 is 0. The van der Waals surface area contributed by atoms with Crippen molar-refractivity contribution < 1.29 is 4.74 Å². The third-order valence-corrected chi connectivity index (χ3v) is 3.32. The Hall–Kier alpha value is -1.59. The van der Waals surface area contributed by atoms with Crippen LogP contribution < -0.4 is 15.4 Å². The van der Waals surface area contributed by atoms with Crippen LogP contribution in [0.5, 0.6) is 6.01 Å². The molecule has 1 fully saturated rings. The van der Waals surface area contributed by atoms with Crippen LogP contribution in [0.25, 0.3) is 0 Å². The maximum atomic E-state index is 5.76. The summed E-state index contributed by atoms with van der Waals surface area (Å²) in [6.07, 6.45) is 4.74. The highest BCUT2D eigenvalue weighted by Gasteiger charge is 2.24. The van der Waals surface area contributed by atoms with Crippen LogP contribution in [0.2, 0.25) is 0 Å². The normalized spacial score (nSPS) is 19.8.